The van der Waals surface area contributed by atoms with Crippen LogP contribution in [0.1, 0.15) is 16.1 Å². The summed E-state index contributed by atoms with van der Waals surface area (Å²) in [5.74, 6) is -0.403. The number of hydrogen-bond acceptors (Lipinski definition) is 6. The van der Waals surface area contributed by atoms with Gasteiger partial charge in [0.15, 0.2) is 0 Å². The number of aromatic nitrogens is 4. The molecular weight excluding hydrogens is 248 g/mol. The fourth-order valence-corrected chi connectivity index (χ4v) is 1.35. The summed E-state index contributed by atoms with van der Waals surface area (Å²) in [6.45, 7) is 0. The molecule has 0 saturated carbocycles. The number of aromatic carboxylic acids is 1. The van der Waals surface area contributed by atoms with Gasteiger partial charge in [0.05, 0.1) is 11.8 Å². The van der Waals surface area contributed by atoms with Crippen molar-refractivity contribution in [2.45, 2.75) is 0 Å². The Balaban J connectivity index is 2.51. The van der Waals surface area contributed by atoms with Gasteiger partial charge in [-0.1, -0.05) is 0 Å². The molecule has 0 fully saturated rings. The highest BCUT2D eigenvalue weighted by Gasteiger charge is 2.11. The van der Waals surface area contributed by atoms with Gasteiger partial charge in [-0.3, -0.25) is 0 Å². The van der Waals surface area contributed by atoms with Crippen LogP contribution in [0.25, 0.3) is 5.95 Å². The zero-order chi connectivity index (χ0) is 14.0. The number of anilines is 1. The number of rotatable bonds is 3. The molecule has 0 radical (unpaired) electrons. The molecule has 0 atom stereocenters. The average molecular weight is 258 g/mol. The largest absolute Gasteiger partial charge is 0.478 e. The van der Waals surface area contributed by atoms with E-state index in [0.29, 0.717) is 5.82 Å². The lowest BCUT2D eigenvalue weighted by Gasteiger charge is -2.12. The van der Waals surface area contributed by atoms with E-state index in [-0.39, 0.29) is 17.2 Å². The number of carboxylic acid groups (broad SMARTS) is 1. The molecule has 2 heterocycles. The van der Waals surface area contributed by atoms with Crippen LogP contribution in [0.15, 0.2) is 18.5 Å². The maximum Gasteiger partial charge on any atom is 0.338 e. The van der Waals surface area contributed by atoms with E-state index in [1.807, 2.05) is 6.07 Å². The van der Waals surface area contributed by atoms with Gasteiger partial charge in [-0.2, -0.15) is 15.3 Å². The molecule has 96 valence electrons. The SMILES string of the molecule is CN(C)c1cc(C#N)nc(-n2cc(C(=O)O)cn2)n1. The highest BCUT2D eigenvalue weighted by Crippen LogP contribution is 2.12. The molecule has 8 nitrogen and oxygen atoms in total. The van der Waals surface area contributed by atoms with Crippen LogP contribution in [-0.2, 0) is 0 Å². The molecule has 0 aromatic carbocycles. The lowest BCUT2D eigenvalue weighted by molar-refractivity contribution is 0.0697. The molecule has 8 heteroatoms. The van der Waals surface area contributed by atoms with Crippen LogP contribution >= 0.6 is 0 Å². The molecule has 19 heavy (non-hydrogen) atoms. The quantitative estimate of drug-likeness (QED) is 0.843. The van der Waals surface area contributed by atoms with Gasteiger partial charge in [0.25, 0.3) is 5.95 Å². The van der Waals surface area contributed by atoms with Gasteiger partial charge in [0, 0.05) is 26.4 Å². The third-order valence-electron chi connectivity index (χ3n) is 2.31. The Morgan fingerprint density at radius 2 is 2.21 bits per heavy atom. The van der Waals surface area contributed by atoms with Crippen molar-refractivity contribution < 1.29 is 9.90 Å². The first-order valence-electron chi connectivity index (χ1n) is 5.26. The normalized spacial score (nSPS) is 9.95. The van der Waals surface area contributed by atoms with E-state index in [2.05, 4.69) is 15.1 Å². The highest BCUT2D eigenvalue weighted by molar-refractivity contribution is 5.86. The first-order chi connectivity index (χ1) is 9.01. The zero-order valence-corrected chi connectivity index (χ0v) is 10.3. The predicted molar refractivity (Wildman–Crippen MR) is 65.2 cm³/mol. The van der Waals surface area contributed by atoms with E-state index in [0.717, 1.165) is 0 Å². The van der Waals surface area contributed by atoms with E-state index >= 15 is 0 Å². The van der Waals surface area contributed by atoms with Gasteiger partial charge in [-0.25, -0.2) is 14.5 Å². The second-order valence-corrected chi connectivity index (χ2v) is 3.90. The molecule has 0 unspecified atom stereocenters. The topological polar surface area (TPSA) is 108 Å². The van der Waals surface area contributed by atoms with Crippen molar-refractivity contribution >= 4 is 11.8 Å². The molecule has 0 amide bonds. The molecular formula is C11H10N6O2. The summed E-state index contributed by atoms with van der Waals surface area (Å²) in [5, 5.41) is 21.6. The summed E-state index contributed by atoms with van der Waals surface area (Å²) in [7, 11) is 3.55. The number of nitrogens with zero attached hydrogens (tertiary/aromatic N) is 6. The molecule has 0 aliphatic heterocycles. The van der Waals surface area contributed by atoms with E-state index in [9.17, 15) is 4.79 Å². The number of carbonyl (C=O) groups is 1. The Bertz CT molecular complexity index is 670. The van der Waals surface area contributed by atoms with E-state index in [1.54, 1.807) is 19.0 Å². The van der Waals surface area contributed by atoms with Crippen molar-refractivity contribution in [3.05, 3.63) is 29.7 Å². The molecule has 0 spiro atoms. The third kappa shape index (κ3) is 2.50. The molecule has 0 bridgehead atoms. The molecule has 2 rings (SSSR count). The lowest BCUT2D eigenvalue weighted by atomic mass is 10.4. The Labute approximate surface area is 108 Å². The van der Waals surface area contributed by atoms with Gasteiger partial charge in [-0.15, -0.1) is 0 Å². The average Bonchev–Trinajstić information content (AvgIpc) is 2.87. The fraction of sp³-hybridized carbons (Fsp3) is 0.182. The van der Waals surface area contributed by atoms with Crippen LogP contribution in [-0.4, -0.2) is 44.9 Å². The van der Waals surface area contributed by atoms with Crippen molar-refractivity contribution in [1.29, 1.82) is 5.26 Å². The van der Waals surface area contributed by atoms with Crippen LogP contribution in [0, 0.1) is 11.3 Å². The Morgan fingerprint density at radius 1 is 1.47 bits per heavy atom. The Kier molecular flexibility index (Phi) is 3.12. The van der Waals surface area contributed by atoms with Crippen LogP contribution in [0.4, 0.5) is 5.82 Å². The minimum absolute atomic E-state index is 0.0253. The first kappa shape index (κ1) is 12.5. The van der Waals surface area contributed by atoms with Crippen molar-refractivity contribution in [2.24, 2.45) is 0 Å². The number of hydrogen-bond donors (Lipinski definition) is 1. The second kappa shape index (κ2) is 4.73. The number of carboxylic acids is 1. The minimum atomic E-state index is -1.09. The summed E-state index contributed by atoms with van der Waals surface area (Å²) >= 11 is 0. The maximum atomic E-state index is 10.8. The van der Waals surface area contributed by atoms with Gasteiger partial charge in [0.2, 0.25) is 0 Å². The smallest absolute Gasteiger partial charge is 0.338 e. The summed E-state index contributed by atoms with van der Waals surface area (Å²) in [6, 6.07) is 3.46. The van der Waals surface area contributed by atoms with Crippen molar-refractivity contribution in [3.8, 4) is 12.0 Å². The molecule has 2 aromatic rings. The lowest BCUT2D eigenvalue weighted by Crippen LogP contribution is -2.14. The highest BCUT2D eigenvalue weighted by atomic mass is 16.4. The Morgan fingerprint density at radius 3 is 2.74 bits per heavy atom. The molecule has 0 aliphatic rings. The summed E-state index contributed by atoms with van der Waals surface area (Å²) in [5.41, 5.74) is 0.207. The van der Waals surface area contributed by atoms with Gasteiger partial charge in [0.1, 0.15) is 17.6 Å². The van der Waals surface area contributed by atoms with E-state index in [1.165, 1.54) is 23.1 Å². The summed E-state index contributed by atoms with van der Waals surface area (Å²) in [6.07, 6.45) is 2.48. The van der Waals surface area contributed by atoms with Crippen LogP contribution in [0.2, 0.25) is 0 Å². The first-order valence-corrected chi connectivity index (χ1v) is 5.26. The van der Waals surface area contributed by atoms with Gasteiger partial charge >= 0.3 is 5.97 Å². The molecule has 1 N–H and O–H groups in total. The third-order valence-corrected chi connectivity index (χ3v) is 2.31. The standard InChI is InChI=1S/C11H10N6O2/c1-16(2)9-3-8(4-12)14-11(15-9)17-6-7(5-13-17)10(18)19/h3,5-6H,1-2H3,(H,18,19). The van der Waals surface area contributed by atoms with Crippen molar-refractivity contribution in [2.75, 3.05) is 19.0 Å². The second-order valence-electron chi connectivity index (χ2n) is 3.90. The minimum Gasteiger partial charge on any atom is -0.478 e. The summed E-state index contributed by atoms with van der Waals surface area (Å²) < 4.78 is 1.22. The monoisotopic (exact) mass is 258 g/mol. The summed E-state index contributed by atoms with van der Waals surface area (Å²) in [4.78, 5) is 20.7. The van der Waals surface area contributed by atoms with Crippen molar-refractivity contribution in [3.63, 3.8) is 0 Å². The van der Waals surface area contributed by atoms with E-state index in [4.69, 9.17) is 10.4 Å². The number of nitriles is 1. The molecule has 2 aromatic heterocycles. The van der Waals surface area contributed by atoms with Crippen molar-refractivity contribution in [1.82, 2.24) is 19.7 Å². The maximum absolute atomic E-state index is 10.8. The van der Waals surface area contributed by atoms with Gasteiger partial charge in [-0.05, 0) is 0 Å². The van der Waals surface area contributed by atoms with Crippen LogP contribution in [0.5, 0.6) is 0 Å². The van der Waals surface area contributed by atoms with Crippen LogP contribution < -0.4 is 4.90 Å². The van der Waals surface area contributed by atoms with E-state index < -0.39 is 5.97 Å². The van der Waals surface area contributed by atoms with Gasteiger partial charge < -0.3 is 10.0 Å². The molecule has 0 aliphatic carbocycles. The fourth-order valence-electron chi connectivity index (χ4n) is 1.35. The molecule has 0 saturated heterocycles. The van der Waals surface area contributed by atoms with Crippen LogP contribution in [0.3, 0.4) is 0 Å². The predicted octanol–water partition coefficient (Wildman–Crippen LogP) is 0.298. The Hall–Kier alpha value is -2.95. The zero-order valence-electron chi connectivity index (χ0n) is 10.3.